The third kappa shape index (κ3) is 3.83. The molecule has 6 heteroatoms. The first-order valence-electron chi connectivity index (χ1n) is 6.18. The van der Waals surface area contributed by atoms with Crippen LogP contribution in [0.15, 0.2) is 18.2 Å². The number of hydrogen-bond acceptors (Lipinski definition) is 2. The van der Waals surface area contributed by atoms with Crippen LogP contribution in [0.3, 0.4) is 0 Å². The normalized spacial score (nSPS) is 13.4. The summed E-state index contributed by atoms with van der Waals surface area (Å²) < 4.78 is 51.0. The van der Waals surface area contributed by atoms with Crippen molar-refractivity contribution in [1.29, 1.82) is 0 Å². The van der Waals surface area contributed by atoms with E-state index in [1.807, 2.05) is 20.8 Å². The van der Waals surface area contributed by atoms with E-state index >= 15 is 0 Å². The highest BCUT2D eigenvalue weighted by atomic mass is 19.4. The van der Waals surface area contributed by atoms with Gasteiger partial charge in [-0.15, -0.1) is 0 Å². The highest BCUT2D eigenvalue weighted by Crippen LogP contribution is 2.33. The van der Waals surface area contributed by atoms with Crippen molar-refractivity contribution in [3.8, 4) is 0 Å². The van der Waals surface area contributed by atoms with Crippen LogP contribution in [0.4, 0.5) is 23.2 Å². The first-order valence-corrected chi connectivity index (χ1v) is 6.18. The SMILES string of the molecule is CCNC(C)N(CC)c1ccc(C(F)(F)F)c(F)c1. The van der Waals surface area contributed by atoms with Crippen molar-refractivity contribution in [3.63, 3.8) is 0 Å². The molecule has 1 atom stereocenters. The standard InChI is InChI=1S/C13H18F4N2/c1-4-18-9(3)19(5-2)10-6-7-11(12(14)8-10)13(15,16)17/h6-9,18H,4-5H2,1-3H3. The van der Waals surface area contributed by atoms with E-state index < -0.39 is 17.6 Å². The maximum atomic E-state index is 13.5. The summed E-state index contributed by atoms with van der Waals surface area (Å²) in [5.41, 5.74) is -0.801. The molecule has 0 saturated heterocycles. The van der Waals surface area contributed by atoms with Gasteiger partial charge in [0.05, 0.1) is 11.7 Å². The van der Waals surface area contributed by atoms with Gasteiger partial charge >= 0.3 is 6.18 Å². The molecule has 1 unspecified atom stereocenters. The lowest BCUT2D eigenvalue weighted by Gasteiger charge is -2.31. The number of benzene rings is 1. The minimum atomic E-state index is -4.66. The molecule has 0 aliphatic heterocycles. The summed E-state index contributed by atoms with van der Waals surface area (Å²) in [6.45, 7) is 6.96. The molecule has 1 N–H and O–H groups in total. The van der Waals surface area contributed by atoms with Gasteiger partial charge in [0, 0.05) is 12.2 Å². The molecule has 0 fully saturated rings. The molecule has 0 aromatic heterocycles. The Kier molecular flexibility index (Phi) is 5.17. The zero-order chi connectivity index (χ0) is 14.6. The summed E-state index contributed by atoms with van der Waals surface area (Å²) in [5, 5.41) is 3.14. The van der Waals surface area contributed by atoms with Crippen molar-refractivity contribution in [2.75, 3.05) is 18.0 Å². The predicted molar refractivity (Wildman–Crippen MR) is 67.6 cm³/mol. The summed E-state index contributed by atoms with van der Waals surface area (Å²) in [4.78, 5) is 1.80. The number of rotatable bonds is 5. The van der Waals surface area contributed by atoms with E-state index in [-0.39, 0.29) is 6.17 Å². The fourth-order valence-electron chi connectivity index (χ4n) is 2.00. The average Bonchev–Trinajstić information content (AvgIpc) is 2.28. The van der Waals surface area contributed by atoms with Crippen molar-refractivity contribution >= 4 is 5.69 Å². The molecule has 0 aliphatic rings. The Morgan fingerprint density at radius 1 is 1.26 bits per heavy atom. The lowest BCUT2D eigenvalue weighted by Crippen LogP contribution is -2.43. The van der Waals surface area contributed by atoms with Crippen LogP contribution in [0, 0.1) is 5.82 Å². The van der Waals surface area contributed by atoms with Crippen LogP contribution in [0.2, 0.25) is 0 Å². The van der Waals surface area contributed by atoms with Crippen LogP contribution in [0.5, 0.6) is 0 Å². The van der Waals surface area contributed by atoms with Gasteiger partial charge in [-0.1, -0.05) is 6.92 Å². The van der Waals surface area contributed by atoms with Crippen LogP contribution >= 0.6 is 0 Å². The molecule has 108 valence electrons. The summed E-state index contributed by atoms with van der Waals surface area (Å²) in [6.07, 6.45) is -4.74. The number of hydrogen-bond donors (Lipinski definition) is 1. The molecular weight excluding hydrogens is 260 g/mol. The van der Waals surface area contributed by atoms with E-state index in [1.54, 1.807) is 4.90 Å². The predicted octanol–water partition coefficient (Wildman–Crippen LogP) is 3.63. The monoisotopic (exact) mass is 278 g/mol. The van der Waals surface area contributed by atoms with Crippen LogP contribution in [-0.4, -0.2) is 19.3 Å². The second-order valence-corrected chi connectivity index (χ2v) is 4.18. The Morgan fingerprint density at radius 3 is 2.32 bits per heavy atom. The van der Waals surface area contributed by atoms with Gasteiger partial charge in [0.2, 0.25) is 0 Å². The minimum Gasteiger partial charge on any atom is -0.356 e. The molecule has 0 radical (unpaired) electrons. The fraction of sp³-hybridized carbons (Fsp3) is 0.538. The Hall–Kier alpha value is -1.30. The van der Waals surface area contributed by atoms with Crippen molar-refractivity contribution in [2.45, 2.75) is 33.1 Å². The highest BCUT2D eigenvalue weighted by Gasteiger charge is 2.34. The largest absolute Gasteiger partial charge is 0.419 e. The molecule has 0 saturated carbocycles. The zero-order valence-corrected chi connectivity index (χ0v) is 11.2. The number of nitrogens with zero attached hydrogens (tertiary/aromatic N) is 1. The molecule has 0 heterocycles. The van der Waals surface area contributed by atoms with Gasteiger partial charge in [-0.25, -0.2) is 4.39 Å². The van der Waals surface area contributed by atoms with E-state index in [1.165, 1.54) is 6.07 Å². The Labute approximate surface area is 110 Å². The van der Waals surface area contributed by atoms with Crippen molar-refractivity contribution in [1.82, 2.24) is 5.32 Å². The van der Waals surface area contributed by atoms with E-state index in [4.69, 9.17) is 0 Å². The second-order valence-electron chi connectivity index (χ2n) is 4.18. The maximum Gasteiger partial charge on any atom is 0.419 e. The number of anilines is 1. The maximum absolute atomic E-state index is 13.5. The third-order valence-electron chi connectivity index (χ3n) is 2.90. The van der Waals surface area contributed by atoms with Gasteiger partial charge in [0.15, 0.2) is 0 Å². The summed E-state index contributed by atoms with van der Waals surface area (Å²) >= 11 is 0. The lowest BCUT2D eigenvalue weighted by molar-refractivity contribution is -0.139. The van der Waals surface area contributed by atoms with Gasteiger partial charge in [-0.3, -0.25) is 5.32 Å². The second kappa shape index (κ2) is 6.23. The van der Waals surface area contributed by atoms with Gasteiger partial charge in [-0.2, -0.15) is 13.2 Å². The molecular formula is C13H18F4N2. The fourth-order valence-corrected chi connectivity index (χ4v) is 2.00. The van der Waals surface area contributed by atoms with E-state index in [2.05, 4.69) is 5.32 Å². The number of halogens is 4. The third-order valence-corrected chi connectivity index (χ3v) is 2.90. The van der Waals surface area contributed by atoms with Crippen molar-refractivity contribution in [3.05, 3.63) is 29.6 Å². The van der Waals surface area contributed by atoms with E-state index in [0.29, 0.717) is 12.2 Å². The average molecular weight is 278 g/mol. The highest BCUT2D eigenvalue weighted by molar-refractivity contribution is 5.49. The topological polar surface area (TPSA) is 15.3 Å². The molecule has 0 aliphatic carbocycles. The van der Waals surface area contributed by atoms with Gasteiger partial charge < -0.3 is 4.90 Å². The number of nitrogens with one attached hydrogen (secondary N) is 1. The molecule has 2 nitrogen and oxygen atoms in total. The van der Waals surface area contributed by atoms with Crippen LogP contribution in [-0.2, 0) is 6.18 Å². The van der Waals surface area contributed by atoms with E-state index in [0.717, 1.165) is 18.7 Å². The van der Waals surface area contributed by atoms with Crippen LogP contribution in [0.1, 0.15) is 26.3 Å². The summed E-state index contributed by atoms with van der Waals surface area (Å²) in [5.74, 6) is -1.24. The molecule has 1 rings (SSSR count). The smallest absolute Gasteiger partial charge is 0.356 e. The van der Waals surface area contributed by atoms with Crippen molar-refractivity contribution < 1.29 is 17.6 Å². The lowest BCUT2D eigenvalue weighted by atomic mass is 10.1. The van der Waals surface area contributed by atoms with Gasteiger partial charge in [0.25, 0.3) is 0 Å². The Bertz CT molecular complexity index is 418. The molecule has 19 heavy (non-hydrogen) atoms. The Morgan fingerprint density at radius 2 is 1.89 bits per heavy atom. The summed E-state index contributed by atoms with van der Waals surface area (Å²) in [6, 6.07) is 3.01. The first-order chi connectivity index (χ1) is 8.81. The molecule has 0 amide bonds. The molecule has 1 aromatic carbocycles. The van der Waals surface area contributed by atoms with Gasteiger partial charge in [-0.05, 0) is 38.6 Å². The van der Waals surface area contributed by atoms with Crippen LogP contribution < -0.4 is 10.2 Å². The summed E-state index contributed by atoms with van der Waals surface area (Å²) in [7, 11) is 0. The van der Waals surface area contributed by atoms with Crippen molar-refractivity contribution in [2.24, 2.45) is 0 Å². The van der Waals surface area contributed by atoms with E-state index in [9.17, 15) is 17.6 Å². The minimum absolute atomic E-state index is 0.0777. The van der Waals surface area contributed by atoms with Crippen LogP contribution in [0.25, 0.3) is 0 Å². The van der Waals surface area contributed by atoms with Gasteiger partial charge in [0.1, 0.15) is 5.82 Å². The zero-order valence-electron chi connectivity index (χ0n) is 11.2. The Balaban J connectivity index is 3.05. The molecule has 0 spiro atoms. The quantitative estimate of drug-likeness (QED) is 0.653. The number of alkyl halides is 3. The molecule has 1 aromatic rings. The molecule has 0 bridgehead atoms. The first kappa shape index (κ1) is 15.8.